The zero-order valence-corrected chi connectivity index (χ0v) is 35.9. The fourth-order valence-corrected chi connectivity index (χ4v) is 13.0. The van der Waals surface area contributed by atoms with Crippen LogP contribution in [-0.2, 0) is 10.8 Å². The van der Waals surface area contributed by atoms with Gasteiger partial charge in [0.2, 0.25) is 0 Å². The van der Waals surface area contributed by atoms with Gasteiger partial charge in [0, 0.05) is 22.4 Å². The van der Waals surface area contributed by atoms with Crippen molar-refractivity contribution < 1.29 is 0 Å². The van der Waals surface area contributed by atoms with E-state index >= 15 is 0 Å². The average molecular weight is 800 g/mol. The lowest BCUT2D eigenvalue weighted by Crippen LogP contribution is -2.48. The first-order chi connectivity index (χ1) is 30.4. The molecule has 0 radical (unpaired) electrons. The molecule has 0 spiro atoms. The van der Waals surface area contributed by atoms with Crippen LogP contribution in [-0.4, -0.2) is 0 Å². The Morgan fingerprint density at radius 1 is 0.371 bits per heavy atom. The van der Waals surface area contributed by atoms with Crippen LogP contribution < -0.4 is 4.90 Å². The molecule has 0 amide bonds. The second-order valence-electron chi connectivity index (χ2n) is 19.5. The molecule has 0 unspecified atom stereocenters. The summed E-state index contributed by atoms with van der Waals surface area (Å²) in [5.74, 6) is 2.75. The number of hydrogen-bond acceptors (Lipinski definition) is 1. The minimum absolute atomic E-state index is 0.131. The van der Waals surface area contributed by atoms with Gasteiger partial charge >= 0.3 is 0 Å². The molecule has 0 saturated heterocycles. The Morgan fingerprint density at radius 2 is 0.806 bits per heavy atom. The van der Waals surface area contributed by atoms with E-state index in [1.807, 2.05) is 0 Å². The van der Waals surface area contributed by atoms with Crippen molar-refractivity contribution >= 4 is 17.1 Å². The van der Waals surface area contributed by atoms with Crippen molar-refractivity contribution in [1.82, 2.24) is 0 Å². The van der Waals surface area contributed by atoms with Crippen molar-refractivity contribution in [1.29, 1.82) is 0 Å². The molecular formula is C61H53N. The van der Waals surface area contributed by atoms with Gasteiger partial charge in [-0.25, -0.2) is 0 Å². The molecule has 4 fully saturated rings. The maximum absolute atomic E-state index is 2.55. The Hall–Kier alpha value is -6.44. The highest BCUT2D eigenvalue weighted by molar-refractivity contribution is 5.96. The van der Waals surface area contributed by atoms with Gasteiger partial charge in [0.1, 0.15) is 0 Å². The molecule has 8 aromatic carbocycles. The Morgan fingerprint density at radius 3 is 1.35 bits per heavy atom. The minimum Gasteiger partial charge on any atom is -0.310 e. The van der Waals surface area contributed by atoms with Crippen LogP contribution >= 0.6 is 0 Å². The smallest absolute Gasteiger partial charge is 0.0543 e. The van der Waals surface area contributed by atoms with Crippen molar-refractivity contribution in [2.75, 3.05) is 4.90 Å². The highest BCUT2D eigenvalue weighted by Gasteiger charge is 2.51. The Balaban J connectivity index is 1.01. The van der Waals surface area contributed by atoms with Gasteiger partial charge in [-0.2, -0.15) is 0 Å². The van der Waals surface area contributed by atoms with Crippen molar-refractivity contribution in [3.05, 3.63) is 211 Å². The quantitative estimate of drug-likeness (QED) is 0.148. The van der Waals surface area contributed by atoms with Crippen LogP contribution in [0.25, 0.3) is 55.6 Å². The Labute approximate surface area is 367 Å². The third kappa shape index (κ3) is 6.11. The summed E-state index contributed by atoms with van der Waals surface area (Å²) in [5.41, 5.74) is 20.7. The van der Waals surface area contributed by atoms with E-state index in [0.29, 0.717) is 5.41 Å². The van der Waals surface area contributed by atoms with Gasteiger partial charge in [0.15, 0.2) is 0 Å². The topological polar surface area (TPSA) is 3.24 Å². The SMILES string of the molecule is CC1(C)c2ccccc2-c2cc(-c3ccccc3)c(N(c3ccc(-c4ccccc4-c4ccccc4-c4ccccc4)cc3)c3ccc(C45CC6CC(CC(C6)C4)C5)cc3)cc21. The third-order valence-electron chi connectivity index (χ3n) is 15.5. The number of hydrogen-bond donors (Lipinski definition) is 0. The van der Waals surface area contributed by atoms with Crippen LogP contribution in [0.4, 0.5) is 17.1 Å². The summed E-state index contributed by atoms with van der Waals surface area (Å²) in [5, 5.41) is 0. The first-order valence-electron chi connectivity index (χ1n) is 23.0. The molecule has 62 heavy (non-hydrogen) atoms. The number of nitrogens with zero attached hydrogens (tertiary/aromatic N) is 1. The second-order valence-corrected chi connectivity index (χ2v) is 19.5. The van der Waals surface area contributed by atoms with E-state index in [1.54, 1.807) is 5.56 Å². The zero-order chi connectivity index (χ0) is 41.4. The molecule has 302 valence electrons. The molecule has 0 aliphatic heterocycles. The summed E-state index contributed by atoms with van der Waals surface area (Å²) in [6, 6.07) is 72.9. The lowest BCUT2D eigenvalue weighted by Gasteiger charge is -2.57. The molecule has 0 heterocycles. The van der Waals surface area contributed by atoms with Crippen molar-refractivity contribution in [3.8, 4) is 55.6 Å². The van der Waals surface area contributed by atoms with Gasteiger partial charge in [-0.15, -0.1) is 0 Å². The molecule has 4 saturated carbocycles. The standard InChI is InChI=1S/C61H53N/c1-60(2)57-24-14-13-23-54(57)56-36-55(45-17-7-4-8-18-45)59(37-58(56)60)62(49-31-27-47(28-32-49)61-38-41-33-42(39-61)35-43(34-41)40-61)48-29-25-46(26-30-48)51-20-10-12-22-53(51)52-21-11-9-19-50(52)44-15-5-3-6-16-44/h3-32,36-37,41-43H,33-35,38-40H2,1-2H3. The first-order valence-corrected chi connectivity index (χ1v) is 23.0. The van der Waals surface area contributed by atoms with Gasteiger partial charge < -0.3 is 4.90 Å². The summed E-state index contributed by atoms with van der Waals surface area (Å²) in [4.78, 5) is 2.55. The molecule has 0 atom stereocenters. The summed E-state index contributed by atoms with van der Waals surface area (Å²) >= 11 is 0. The molecule has 8 aromatic rings. The maximum atomic E-state index is 2.55. The average Bonchev–Trinajstić information content (AvgIpc) is 3.54. The summed E-state index contributed by atoms with van der Waals surface area (Å²) < 4.78 is 0. The third-order valence-corrected chi connectivity index (χ3v) is 15.5. The predicted molar refractivity (Wildman–Crippen MR) is 260 cm³/mol. The normalized spacial score (nSPS) is 21.4. The molecular weight excluding hydrogens is 747 g/mol. The van der Waals surface area contributed by atoms with E-state index < -0.39 is 0 Å². The van der Waals surface area contributed by atoms with E-state index in [0.717, 1.165) is 23.4 Å². The van der Waals surface area contributed by atoms with Gasteiger partial charge in [-0.05, 0) is 165 Å². The van der Waals surface area contributed by atoms with Crippen LogP contribution in [0, 0.1) is 17.8 Å². The molecule has 5 aliphatic rings. The molecule has 1 nitrogen and oxygen atoms in total. The lowest BCUT2D eigenvalue weighted by atomic mass is 9.48. The monoisotopic (exact) mass is 799 g/mol. The summed E-state index contributed by atoms with van der Waals surface area (Å²) in [6.07, 6.45) is 8.52. The lowest BCUT2D eigenvalue weighted by molar-refractivity contribution is -0.00518. The van der Waals surface area contributed by atoms with Crippen LogP contribution in [0.2, 0.25) is 0 Å². The van der Waals surface area contributed by atoms with Gasteiger partial charge in [0.25, 0.3) is 0 Å². The minimum atomic E-state index is -0.131. The van der Waals surface area contributed by atoms with Gasteiger partial charge in [0.05, 0.1) is 5.69 Å². The predicted octanol–water partition coefficient (Wildman–Crippen LogP) is 16.6. The van der Waals surface area contributed by atoms with Crippen LogP contribution in [0.1, 0.15) is 69.1 Å². The van der Waals surface area contributed by atoms with Crippen molar-refractivity contribution in [3.63, 3.8) is 0 Å². The number of anilines is 3. The van der Waals surface area contributed by atoms with Gasteiger partial charge in [-0.1, -0.05) is 172 Å². The zero-order valence-electron chi connectivity index (χ0n) is 35.9. The van der Waals surface area contributed by atoms with Crippen LogP contribution in [0.15, 0.2) is 194 Å². The van der Waals surface area contributed by atoms with Crippen molar-refractivity contribution in [2.45, 2.75) is 63.2 Å². The van der Waals surface area contributed by atoms with E-state index in [9.17, 15) is 0 Å². The molecule has 0 N–H and O–H groups in total. The number of fused-ring (bicyclic) bond motifs is 3. The highest BCUT2D eigenvalue weighted by atomic mass is 15.1. The van der Waals surface area contributed by atoms with Crippen molar-refractivity contribution in [2.24, 2.45) is 17.8 Å². The highest BCUT2D eigenvalue weighted by Crippen LogP contribution is 2.61. The van der Waals surface area contributed by atoms with Crippen LogP contribution in [0.3, 0.4) is 0 Å². The maximum Gasteiger partial charge on any atom is 0.0543 e. The fraction of sp³-hybridized carbons (Fsp3) is 0.213. The van der Waals surface area contributed by atoms with Gasteiger partial charge in [-0.3, -0.25) is 0 Å². The second kappa shape index (κ2) is 14.6. The Kier molecular flexibility index (Phi) is 8.79. The molecule has 0 aromatic heterocycles. The molecule has 1 heteroatoms. The molecule has 13 rings (SSSR count). The van der Waals surface area contributed by atoms with E-state index in [-0.39, 0.29) is 5.41 Å². The Bertz CT molecular complexity index is 2900. The first kappa shape index (κ1) is 37.3. The number of rotatable bonds is 8. The van der Waals surface area contributed by atoms with Crippen LogP contribution in [0.5, 0.6) is 0 Å². The summed E-state index contributed by atoms with van der Waals surface area (Å²) in [6.45, 7) is 4.80. The molecule has 4 bridgehead atoms. The molecule has 5 aliphatic carbocycles. The fourth-order valence-electron chi connectivity index (χ4n) is 13.0. The summed E-state index contributed by atoms with van der Waals surface area (Å²) in [7, 11) is 0. The largest absolute Gasteiger partial charge is 0.310 e. The van der Waals surface area contributed by atoms with E-state index in [2.05, 4.69) is 213 Å². The van der Waals surface area contributed by atoms with E-state index in [4.69, 9.17) is 0 Å². The van der Waals surface area contributed by atoms with E-state index in [1.165, 1.54) is 117 Å². The number of benzene rings is 8.